The molecule has 0 N–H and O–H groups in total. The van der Waals surface area contributed by atoms with Crippen molar-refractivity contribution in [2.45, 2.75) is 19.4 Å². The van der Waals surface area contributed by atoms with Gasteiger partial charge in [0.2, 0.25) is 0 Å². The molecule has 2 aromatic carbocycles. The van der Waals surface area contributed by atoms with Crippen molar-refractivity contribution < 1.29 is 4.74 Å². The molecule has 2 atom stereocenters. The quantitative estimate of drug-likeness (QED) is 0.710. The summed E-state index contributed by atoms with van der Waals surface area (Å²) in [5.41, 5.74) is 3.93. The molecule has 1 nitrogen and oxygen atoms in total. The Morgan fingerprint density at radius 3 is 2.61 bits per heavy atom. The molecule has 0 aromatic heterocycles. The summed E-state index contributed by atoms with van der Waals surface area (Å²) in [6.45, 7) is 6.24. The fourth-order valence-electron chi connectivity index (χ4n) is 3.14. The molecule has 0 fully saturated rings. The number of benzene rings is 2. The van der Waals surface area contributed by atoms with Gasteiger partial charge < -0.3 is 4.74 Å². The molecule has 0 bridgehead atoms. The number of ether oxygens (including phenoxy) is 1. The number of methoxy groups -OCH3 is 1. The molecule has 92 valence electrons. The van der Waals surface area contributed by atoms with Gasteiger partial charge in [0.1, 0.15) is 0 Å². The average molecular weight is 238 g/mol. The van der Waals surface area contributed by atoms with Crippen molar-refractivity contribution in [1.29, 1.82) is 0 Å². The molecule has 0 heterocycles. The molecular formula is C17H18O. The first-order valence-electron chi connectivity index (χ1n) is 6.41. The Labute approximate surface area is 108 Å². The fraction of sp³-hybridized carbons (Fsp3) is 0.294. The van der Waals surface area contributed by atoms with Crippen molar-refractivity contribution >= 4 is 10.8 Å². The van der Waals surface area contributed by atoms with Crippen LogP contribution in [-0.2, 0) is 11.2 Å². The van der Waals surface area contributed by atoms with Crippen molar-refractivity contribution in [2.75, 3.05) is 7.11 Å². The Balaban J connectivity index is 2.28. The molecule has 0 saturated carbocycles. The van der Waals surface area contributed by atoms with Gasteiger partial charge in [-0.3, -0.25) is 0 Å². The lowest BCUT2D eigenvalue weighted by molar-refractivity contribution is 0.0631. The van der Waals surface area contributed by atoms with Gasteiger partial charge in [-0.05, 0) is 35.2 Å². The van der Waals surface area contributed by atoms with Crippen LogP contribution >= 0.6 is 0 Å². The summed E-state index contributed by atoms with van der Waals surface area (Å²) in [5, 5.41) is 2.69. The van der Waals surface area contributed by atoms with Crippen LogP contribution < -0.4 is 0 Å². The Bertz CT molecular complexity index is 607. The highest BCUT2D eigenvalue weighted by Gasteiger charge is 2.30. The SMILES string of the molecule is C=C(C)C1Cc2cccc3cccc(c23)C1OC. The van der Waals surface area contributed by atoms with E-state index in [0.29, 0.717) is 5.92 Å². The van der Waals surface area contributed by atoms with Crippen LogP contribution in [0.1, 0.15) is 24.2 Å². The van der Waals surface area contributed by atoms with Gasteiger partial charge in [0.25, 0.3) is 0 Å². The minimum atomic E-state index is 0.140. The van der Waals surface area contributed by atoms with Crippen molar-refractivity contribution in [1.82, 2.24) is 0 Å². The first-order valence-corrected chi connectivity index (χ1v) is 6.41. The predicted octanol–water partition coefficient (Wildman–Crippen LogP) is 4.28. The monoisotopic (exact) mass is 238 g/mol. The Morgan fingerprint density at radius 2 is 1.94 bits per heavy atom. The van der Waals surface area contributed by atoms with Crippen LogP contribution in [0.3, 0.4) is 0 Å². The first kappa shape index (κ1) is 11.5. The molecule has 0 aliphatic heterocycles. The maximum absolute atomic E-state index is 5.75. The third-order valence-electron chi connectivity index (χ3n) is 4.02. The number of hydrogen-bond acceptors (Lipinski definition) is 1. The molecule has 1 aliphatic carbocycles. The predicted molar refractivity (Wildman–Crippen MR) is 75.7 cm³/mol. The second-order valence-corrected chi connectivity index (χ2v) is 5.18. The van der Waals surface area contributed by atoms with E-state index in [2.05, 4.69) is 49.9 Å². The molecule has 2 unspecified atom stereocenters. The van der Waals surface area contributed by atoms with Gasteiger partial charge in [0, 0.05) is 13.0 Å². The van der Waals surface area contributed by atoms with E-state index in [1.54, 1.807) is 7.11 Å². The molecule has 18 heavy (non-hydrogen) atoms. The van der Waals surface area contributed by atoms with E-state index in [0.717, 1.165) is 6.42 Å². The smallest absolute Gasteiger partial charge is 0.0895 e. The summed E-state index contributed by atoms with van der Waals surface area (Å²) in [6, 6.07) is 13.0. The van der Waals surface area contributed by atoms with Crippen LogP contribution in [0.4, 0.5) is 0 Å². The maximum Gasteiger partial charge on any atom is 0.0895 e. The third-order valence-corrected chi connectivity index (χ3v) is 4.02. The van der Waals surface area contributed by atoms with Gasteiger partial charge in [-0.1, -0.05) is 48.6 Å². The second kappa shape index (κ2) is 4.25. The highest BCUT2D eigenvalue weighted by Crippen LogP contribution is 2.42. The van der Waals surface area contributed by atoms with Gasteiger partial charge in [-0.2, -0.15) is 0 Å². The molecular weight excluding hydrogens is 220 g/mol. The van der Waals surface area contributed by atoms with Crippen molar-refractivity contribution in [3.8, 4) is 0 Å². The number of rotatable bonds is 2. The lowest BCUT2D eigenvalue weighted by atomic mass is 9.77. The van der Waals surface area contributed by atoms with Gasteiger partial charge >= 0.3 is 0 Å². The number of hydrogen-bond donors (Lipinski definition) is 0. The van der Waals surface area contributed by atoms with Crippen LogP contribution in [0.2, 0.25) is 0 Å². The minimum absolute atomic E-state index is 0.140. The zero-order valence-electron chi connectivity index (χ0n) is 10.9. The maximum atomic E-state index is 5.75. The van der Waals surface area contributed by atoms with Crippen molar-refractivity contribution in [3.63, 3.8) is 0 Å². The van der Waals surface area contributed by atoms with Crippen molar-refractivity contribution in [2.24, 2.45) is 5.92 Å². The minimum Gasteiger partial charge on any atom is -0.376 e. The summed E-state index contributed by atoms with van der Waals surface area (Å²) in [5.74, 6) is 0.385. The van der Waals surface area contributed by atoms with E-state index in [4.69, 9.17) is 4.74 Å². The molecule has 0 saturated heterocycles. The largest absolute Gasteiger partial charge is 0.376 e. The Hall–Kier alpha value is -1.60. The Kier molecular flexibility index (Phi) is 2.71. The normalized spacial score (nSPS) is 22.1. The second-order valence-electron chi connectivity index (χ2n) is 5.18. The first-order chi connectivity index (χ1) is 8.72. The van der Waals surface area contributed by atoms with E-state index in [1.165, 1.54) is 27.5 Å². The summed E-state index contributed by atoms with van der Waals surface area (Å²) in [7, 11) is 1.80. The lowest BCUT2D eigenvalue weighted by Gasteiger charge is -2.33. The molecule has 1 aliphatic rings. The zero-order chi connectivity index (χ0) is 12.7. The topological polar surface area (TPSA) is 9.23 Å². The van der Waals surface area contributed by atoms with E-state index < -0.39 is 0 Å². The highest BCUT2D eigenvalue weighted by atomic mass is 16.5. The van der Waals surface area contributed by atoms with Crippen LogP contribution in [0, 0.1) is 5.92 Å². The zero-order valence-corrected chi connectivity index (χ0v) is 10.9. The van der Waals surface area contributed by atoms with E-state index >= 15 is 0 Å². The van der Waals surface area contributed by atoms with Gasteiger partial charge in [0.15, 0.2) is 0 Å². The average Bonchev–Trinajstić information content (AvgIpc) is 2.39. The third kappa shape index (κ3) is 1.58. The van der Waals surface area contributed by atoms with Crippen molar-refractivity contribution in [3.05, 3.63) is 59.7 Å². The molecule has 3 rings (SSSR count). The van der Waals surface area contributed by atoms with E-state index in [-0.39, 0.29) is 6.10 Å². The van der Waals surface area contributed by atoms with Crippen LogP contribution in [0.15, 0.2) is 48.6 Å². The summed E-state index contributed by atoms with van der Waals surface area (Å²) < 4.78 is 5.75. The summed E-state index contributed by atoms with van der Waals surface area (Å²) in [4.78, 5) is 0. The fourth-order valence-corrected chi connectivity index (χ4v) is 3.14. The Morgan fingerprint density at radius 1 is 1.22 bits per heavy atom. The summed E-state index contributed by atoms with van der Waals surface area (Å²) >= 11 is 0. The van der Waals surface area contributed by atoms with Crippen LogP contribution in [-0.4, -0.2) is 7.11 Å². The van der Waals surface area contributed by atoms with Gasteiger partial charge in [-0.25, -0.2) is 0 Å². The molecule has 2 aromatic rings. The standard InChI is InChI=1S/C17H18O/c1-11(2)15-10-13-8-4-6-12-7-5-9-14(16(12)13)17(15)18-3/h4-9,15,17H,1,10H2,2-3H3. The van der Waals surface area contributed by atoms with Crippen LogP contribution in [0.5, 0.6) is 0 Å². The van der Waals surface area contributed by atoms with E-state index in [1.807, 2.05) is 0 Å². The van der Waals surface area contributed by atoms with Crippen LogP contribution in [0.25, 0.3) is 10.8 Å². The lowest BCUT2D eigenvalue weighted by Crippen LogP contribution is -2.22. The molecule has 0 amide bonds. The molecule has 0 spiro atoms. The highest BCUT2D eigenvalue weighted by molar-refractivity contribution is 5.90. The van der Waals surface area contributed by atoms with E-state index in [9.17, 15) is 0 Å². The molecule has 0 radical (unpaired) electrons. The van der Waals surface area contributed by atoms with Gasteiger partial charge in [0.05, 0.1) is 6.10 Å². The van der Waals surface area contributed by atoms with Gasteiger partial charge in [-0.15, -0.1) is 0 Å². The summed E-state index contributed by atoms with van der Waals surface area (Å²) in [6.07, 6.45) is 1.17. The molecule has 1 heteroatoms.